The molecule has 0 amide bonds. The number of rotatable bonds is 2. The van der Waals surface area contributed by atoms with E-state index >= 15 is 0 Å². The van der Waals surface area contributed by atoms with Gasteiger partial charge in [0.15, 0.2) is 0 Å². The highest BCUT2D eigenvalue weighted by Gasteiger charge is 2.35. The number of nitrogens with zero attached hydrogens (tertiary/aromatic N) is 4. The lowest BCUT2D eigenvalue weighted by molar-refractivity contribution is -0.384. The highest BCUT2D eigenvalue weighted by Crippen LogP contribution is 2.39. The molecule has 0 spiro atoms. The van der Waals surface area contributed by atoms with Crippen LogP contribution in [0.4, 0.5) is 11.5 Å². The molecule has 2 unspecified atom stereocenters. The number of fused-ring (bicyclic) bond motifs is 2. The van der Waals surface area contributed by atoms with Crippen LogP contribution in [0.3, 0.4) is 0 Å². The Kier molecular flexibility index (Phi) is 3.26. The molecule has 3 rings (SSSR count). The van der Waals surface area contributed by atoms with E-state index in [-0.39, 0.29) is 10.8 Å². The average molecular weight is 283 g/mol. The third kappa shape index (κ3) is 2.36. The summed E-state index contributed by atoms with van der Waals surface area (Å²) in [5, 5.41) is 11.1. The lowest BCUT2D eigenvalue weighted by Crippen LogP contribution is -2.43. The maximum absolute atomic E-state index is 11.1. The van der Waals surface area contributed by atoms with Crippen LogP contribution in [0.2, 0.25) is 5.15 Å². The molecule has 1 aliphatic heterocycles. The largest absolute Gasteiger partial charge is 0.350 e. The van der Waals surface area contributed by atoms with E-state index in [0.717, 1.165) is 13.1 Å². The molecule has 0 N–H and O–H groups in total. The Hall–Kier alpha value is -1.43. The van der Waals surface area contributed by atoms with Crippen LogP contribution in [0.15, 0.2) is 6.33 Å². The Labute approximate surface area is 115 Å². The van der Waals surface area contributed by atoms with E-state index in [4.69, 9.17) is 11.6 Å². The second-order valence-corrected chi connectivity index (χ2v) is 5.76. The maximum Gasteiger partial charge on any atom is 0.348 e. The van der Waals surface area contributed by atoms with Gasteiger partial charge in [0.25, 0.3) is 0 Å². The van der Waals surface area contributed by atoms with Gasteiger partial charge in [0, 0.05) is 13.1 Å². The normalized spacial score (nSPS) is 26.3. The summed E-state index contributed by atoms with van der Waals surface area (Å²) in [5.74, 6) is 1.63. The van der Waals surface area contributed by atoms with Crippen LogP contribution >= 0.6 is 11.6 Å². The van der Waals surface area contributed by atoms with Gasteiger partial charge in [-0.1, -0.05) is 18.0 Å². The Bertz CT molecular complexity index is 499. The first-order valence-corrected chi connectivity index (χ1v) is 6.92. The van der Waals surface area contributed by atoms with Gasteiger partial charge in [-0.05, 0) is 31.1 Å². The van der Waals surface area contributed by atoms with Crippen LogP contribution in [0, 0.1) is 22.0 Å². The standard InChI is InChI=1S/C12H15ClN4O2/c13-11-10(17(18)19)12(15-7-14-11)16-5-8-2-1-3-9(4-8)6-16/h7-9H,1-6H2. The average Bonchev–Trinajstić information content (AvgIpc) is 2.37. The summed E-state index contributed by atoms with van der Waals surface area (Å²) in [4.78, 5) is 20.5. The van der Waals surface area contributed by atoms with Gasteiger partial charge >= 0.3 is 5.69 Å². The number of hydrogen-bond acceptors (Lipinski definition) is 5. The van der Waals surface area contributed by atoms with E-state index in [2.05, 4.69) is 9.97 Å². The summed E-state index contributed by atoms with van der Waals surface area (Å²) in [6, 6.07) is 0. The molecule has 1 aromatic rings. The highest BCUT2D eigenvalue weighted by molar-refractivity contribution is 6.31. The molecule has 0 aromatic carbocycles. The van der Waals surface area contributed by atoms with Crippen molar-refractivity contribution in [3.05, 3.63) is 21.6 Å². The molecule has 2 heterocycles. The van der Waals surface area contributed by atoms with Gasteiger partial charge in [-0.15, -0.1) is 0 Å². The molecule has 2 atom stereocenters. The van der Waals surface area contributed by atoms with Gasteiger partial charge in [0.05, 0.1) is 4.92 Å². The number of halogens is 1. The predicted octanol–water partition coefficient (Wildman–Crippen LogP) is 2.66. The third-order valence-corrected chi connectivity index (χ3v) is 4.37. The first kappa shape index (κ1) is 12.6. The number of nitro groups is 1. The van der Waals surface area contributed by atoms with Crippen LogP contribution in [0.25, 0.3) is 0 Å². The van der Waals surface area contributed by atoms with Crippen molar-refractivity contribution in [3.63, 3.8) is 0 Å². The van der Waals surface area contributed by atoms with Crippen molar-refractivity contribution in [2.75, 3.05) is 18.0 Å². The minimum absolute atomic E-state index is 0.0780. The number of hydrogen-bond donors (Lipinski definition) is 0. The first-order valence-electron chi connectivity index (χ1n) is 6.55. The van der Waals surface area contributed by atoms with Crippen molar-refractivity contribution in [3.8, 4) is 0 Å². The quantitative estimate of drug-likeness (QED) is 0.474. The molecular weight excluding hydrogens is 268 g/mol. The van der Waals surface area contributed by atoms with Gasteiger partial charge in [0.2, 0.25) is 11.0 Å². The van der Waals surface area contributed by atoms with Crippen LogP contribution < -0.4 is 4.90 Å². The molecular formula is C12H15ClN4O2. The van der Waals surface area contributed by atoms with E-state index in [1.54, 1.807) is 0 Å². The predicted molar refractivity (Wildman–Crippen MR) is 71.4 cm³/mol. The smallest absolute Gasteiger partial charge is 0.348 e. The van der Waals surface area contributed by atoms with Gasteiger partial charge in [-0.3, -0.25) is 10.1 Å². The van der Waals surface area contributed by atoms with Gasteiger partial charge in [-0.2, -0.15) is 0 Å². The molecule has 1 aromatic heterocycles. The fourth-order valence-corrected chi connectivity index (χ4v) is 3.54. The van der Waals surface area contributed by atoms with Crippen LogP contribution in [-0.2, 0) is 0 Å². The molecule has 0 radical (unpaired) electrons. The number of anilines is 1. The summed E-state index contributed by atoms with van der Waals surface area (Å²) in [7, 11) is 0. The zero-order valence-electron chi connectivity index (χ0n) is 10.5. The maximum atomic E-state index is 11.1. The van der Waals surface area contributed by atoms with E-state index in [1.165, 1.54) is 32.0 Å². The Morgan fingerprint density at radius 2 is 2.00 bits per heavy atom. The van der Waals surface area contributed by atoms with E-state index in [9.17, 15) is 10.1 Å². The van der Waals surface area contributed by atoms with Crippen molar-refractivity contribution in [2.24, 2.45) is 11.8 Å². The fraction of sp³-hybridized carbons (Fsp3) is 0.667. The van der Waals surface area contributed by atoms with E-state index in [1.807, 2.05) is 4.90 Å². The van der Waals surface area contributed by atoms with E-state index < -0.39 is 4.92 Å². The Morgan fingerprint density at radius 1 is 1.32 bits per heavy atom. The highest BCUT2D eigenvalue weighted by atomic mass is 35.5. The molecule has 1 saturated carbocycles. The van der Waals surface area contributed by atoms with Crippen molar-refractivity contribution in [1.29, 1.82) is 0 Å². The summed E-state index contributed by atoms with van der Waals surface area (Å²) in [5.41, 5.74) is -0.163. The summed E-state index contributed by atoms with van der Waals surface area (Å²) >= 11 is 5.84. The molecule has 2 fully saturated rings. The second kappa shape index (κ2) is 4.92. The van der Waals surface area contributed by atoms with Gasteiger partial charge in [-0.25, -0.2) is 9.97 Å². The van der Waals surface area contributed by atoms with Crippen molar-refractivity contribution in [1.82, 2.24) is 9.97 Å². The monoisotopic (exact) mass is 282 g/mol. The Balaban J connectivity index is 1.94. The van der Waals surface area contributed by atoms with Gasteiger partial charge in [0.1, 0.15) is 6.33 Å². The molecule has 1 aliphatic carbocycles. The topological polar surface area (TPSA) is 72.2 Å². The minimum Gasteiger partial charge on any atom is -0.350 e. The van der Waals surface area contributed by atoms with Crippen molar-refractivity contribution in [2.45, 2.75) is 25.7 Å². The van der Waals surface area contributed by atoms with Crippen LogP contribution in [0.5, 0.6) is 0 Å². The first-order chi connectivity index (χ1) is 9.15. The van der Waals surface area contributed by atoms with Crippen molar-refractivity contribution < 1.29 is 4.92 Å². The molecule has 6 nitrogen and oxygen atoms in total. The molecule has 1 saturated heterocycles. The lowest BCUT2D eigenvalue weighted by Gasteiger charge is -2.41. The minimum atomic E-state index is -0.484. The Morgan fingerprint density at radius 3 is 2.63 bits per heavy atom. The molecule has 2 bridgehead atoms. The summed E-state index contributed by atoms with van der Waals surface area (Å²) in [6.07, 6.45) is 6.23. The zero-order chi connectivity index (χ0) is 13.4. The third-order valence-electron chi connectivity index (χ3n) is 4.09. The number of piperidine rings is 1. The second-order valence-electron chi connectivity index (χ2n) is 5.40. The summed E-state index contributed by atoms with van der Waals surface area (Å²) < 4.78 is 0. The molecule has 19 heavy (non-hydrogen) atoms. The van der Waals surface area contributed by atoms with Crippen molar-refractivity contribution >= 4 is 23.1 Å². The lowest BCUT2D eigenvalue weighted by atomic mass is 9.78. The van der Waals surface area contributed by atoms with Crippen LogP contribution in [-0.4, -0.2) is 28.0 Å². The number of aromatic nitrogens is 2. The molecule has 2 aliphatic rings. The summed E-state index contributed by atoms with van der Waals surface area (Å²) in [6.45, 7) is 1.68. The SMILES string of the molecule is O=[N+]([O-])c1c(Cl)ncnc1N1CC2CCCC(C2)C1. The molecule has 102 valence electrons. The van der Waals surface area contributed by atoms with Crippen LogP contribution in [0.1, 0.15) is 25.7 Å². The zero-order valence-corrected chi connectivity index (χ0v) is 11.2. The fourth-order valence-electron chi connectivity index (χ4n) is 3.34. The van der Waals surface area contributed by atoms with E-state index in [0.29, 0.717) is 17.7 Å². The molecule has 7 heteroatoms. The van der Waals surface area contributed by atoms with Gasteiger partial charge < -0.3 is 4.90 Å².